The van der Waals surface area contributed by atoms with Crippen LogP contribution in [0.4, 0.5) is 23.0 Å². The molecular weight excluding hydrogens is 211 g/mol. The molecule has 1 rings (SSSR count). The lowest BCUT2D eigenvalue weighted by Gasteiger charge is -1.94. The largest absolute Gasteiger partial charge is 0.673 e. The monoisotopic (exact) mass is 220 g/mol. The zero-order valence-corrected chi connectivity index (χ0v) is 8.00. The van der Waals surface area contributed by atoms with E-state index in [1.54, 1.807) is 6.07 Å². The van der Waals surface area contributed by atoms with Crippen molar-refractivity contribution < 1.29 is 17.3 Å². The van der Waals surface area contributed by atoms with E-state index in [1.807, 2.05) is 25.1 Å². The molecule has 0 saturated heterocycles. The number of benzene rings is 1. The second-order valence-electron chi connectivity index (χ2n) is 2.58. The minimum Gasteiger partial charge on any atom is -0.418 e. The molecule has 0 amide bonds. The van der Waals surface area contributed by atoms with Crippen molar-refractivity contribution in [3.8, 4) is 0 Å². The highest BCUT2D eigenvalue weighted by molar-refractivity contribution is 6.50. The lowest BCUT2D eigenvalue weighted by Crippen LogP contribution is -2.02. The molecule has 0 fully saturated rings. The van der Waals surface area contributed by atoms with E-state index < -0.39 is 7.25 Å². The van der Waals surface area contributed by atoms with E-state index in [0.29, 0.717) is 5.69 Å². The highest BCUT2D eigenvalue weighted by Gasteiger charge is 2.20. The number of nitrogens with zero attached hydrogens (tertiary/aromatic N) is 2. The molecule has 0 saturated carbocycles. The summed E-state index contributed by atoms with van der Waals surface area (Å²) in [4.78, 5) is 3.14. The van der Waals surface area contributed by atoms with E-state index in [0.717, 1.165) is 12.0 Å². The quantitative estimate of drug-likeness (QED) is 0.398. The first-order valence-corrected chi connectivity index (χ1v) is 4.18. The third-order valence-corrected chi connectivity index (χ3v) is 1.48. The van der Waals surface area contributed by atoms with Gasteiger partial charge < -0.3 is 17.3 Å². The van der Waals surface area contributed by atoms with E-state index in [4.69, 9.17) is 5.39 Å². The van der Waals surface area contributed by atoms with Crippen LogP contribution in [0.15, 0.2) is 24.3 Å². The summed E-state index contributed by atoms with van der Waals surface area (Å²) in [5.74, 6) is 0. The van der Waals surface area contributed by atoms with Gasteiger partial charge in [0.05, 0.1) is 0 Å². The van der Waals surface area contributed by atoms with Crippen LogP contribution in [-0.4, -0.2) is 7.25 Å². The number of halogens is 4. The van der Waals surface area contributed by atoms with Gasteiger partial charge in [0.1, 0.15) is 0 Å². The number of rotatable bonds is 1. The maximum Gasteiger partial charge on any atom is 0.673 e. The van der Waals surface area contributed by atoms with Crippen LogP contribution in [-0.2, 0) is 6.42 Å². The average molecular weight is 220 g/mol. The third kappa shape index (κ3) is 7.49. The summed E-state index contributed by atoms with van der Waals surface area (Å²) in [7, 11) is -6.00. The lowest BCUT2D eigenvalue weighted by molar-refractivity contribution is 0.368. The molecule has 15 heavy (non-hydrogen) atoms. The van der Waals surface area contributed by atoms with Gasteiger partial charge in [0, 0.05) is 11.6 Å². The van der Waals surface area contributed by atoms with Crippen molar-refractivity contribution in [1.82, 2.24) is 0 Å². The molecule has 0 N–H and O–H groups in total. The van der Waals surface area contributed by atoms with Crippen molar-refractivity contribution >= 4 is 12.9 Å². The second-order valence-corrected chi connectivity index (χ2v) is 2.58. The fraction of sp³-hybridized carbons (Fsp3) is 0.250. The van der Waals surface area contributed by atoms with Crippen molar-refractivity contribution in [1.29, 1.82) is 5.39 Å². The van der Waals surface area contributed by atoms with Crippen molar-refractivity contribution in [3.05, 3.63) is 34.8 Å². The number of hydrogen-bond acceptors (Lipinski definition) is 1. The molecule has 0 spiro atoms. The number of aryl methyl sites for hydroxylation is 1. The minimum absolute atomic E-state index is 0.671. The average Bonchev–Trinajstić information content (AvgIpc) is 2.15. The van der Waals surface area contributed by atoms with Gasteiger partial charge in [-0.25, -0.2) is 0 Å². The Bertz CT molecular complexity index is 339. The summed E-state index contributed by atoms with van der Waals surface area (Å²) in [5, 5.41) is 8.47. The molecule has 0 aliphatic carbocycles. The van der Waals surface area contributed by atoms with Gasteiger partial charge in [-0.15, -0.1) is 0 Å². The smallest absolute Gasteiger partial charge is 0.418 e. The van der Waals surface area contributed by atoms with Gasteiger partial charge in [-0.2, -0.15) is 0 Å². The van der Waals surface area contributed by atoms with Crippen molar-refractivity contribution in [2.45, 2.75) is 13.3 Å². The predicted octanol–water partition coefficient (Wildman–Crippen LogP) is 4.03. The van der Waals surface area contributed by atoms with E-state index in [9.17, 15) is 17.3 Å². The Morgan fingerprint density at radius 3 is 2.00 bits per heavy atom. The Labute approximate surface area is 84.6 Å². The zero-order valence-electron chi connectivity index (χ0n) is 8.00. The molecule has 0 aromatic heterocycles. The Balaban J connectivity index is 0.000000336. The molecule has 1 aromatic rings. The van der Waals surface area contributed by atoms with Crippen molar-refractivity contribution in [3.63, 3.8) is 0 Å². The van der Waals surface area contributed by atoms with Crippen LogP contribution < -0.4 is 0 Å². The normalized spacial score (nSPS) is 9.87. The second kappa shape index (κ2) is 6.01. The molecule has 7 heteroatoms. The first-order chi connectivity index (χ1) is 6.88. The highest BCUT2D eigenvalue weighted by atomic mass is 19.5. The first-order valence-electron chi connectivity index (χ1n) is 4.18. The topological polar surface area (TPSA) is 28.1 Å². The molecule has 1 aromatic carbocycles. The van der Waals surface area contributed by atoms with E-state index >= 15 is 0 Å². The van der Waals surface area contributed by atoms with Gasteiger partial charge in [0.25, 0.3) is 0 Å². The Hall–Kier alpha value is -1.58. The maximum atomic E-state index is 9.75. The van der Waals surface area contributed by atoms with E-state index in [1.165, 1.54) is 0 Å². The van der Waals surface area contributed by atoms with Crippen LogP contribution >= 0.6 is 0 Å². The summed E-state index contributed by atoms with van der Waals surface area (Å²) in [6.07, 6.45) is 0.903. The number of diazo groups is 1. The fourth-order valence-corrected chi connectivity index (χ4v) is 0.907. The van der Waals surface area contributed by atoms with Gasteiger partial charge >= 0.3 is 12.9 Å². The van der Waals surface area contributed by atoms with Crippen molar-refractivity contribution in [2.75, 3.05) is 0 Å². The SMILES string of the molecule is CCc1ccccc1[N+]#N.F[B-](F)(F)F. The highest BCUT2D eigenvalue weighted by Crippen LogP contribution is 2.17. The molecule has 0 aliphatic rings. The number of hydrogen-bond donors (Lipinski definition) is 0. The summed E-state index contributed by atoms with van der Waals surface area (Å²) in [6, 6.07) is 7.54. The Morgan fingerprint density at radius 2 is 1.67 bits per heavy atom. The molecule has 0 aliphatic heterocycles. The molecular formula is C8H9BF4N2. The molecule has 0 radical (unpaired) electrons. The van der Waals surface area contributed by atoms with Crippen LogP contribution in [0.1, 0.15) is 12.5 Å². The van der Waals surface area contributed by atoms with Crippen LogP contribution in [0.5, 0.6) is 0 Å². The van der Waals surface area contributed by atoms with E-state index in [2.05, 4.69) is 4.98 Å². The first kappa shape index (κ1) is 13.4. The van der Waals surface area contributed by atoms with Gasteiger partial charge in [-0.1, -0.05) is 25.1 Å². The molecule has 82 valence electrons. The standard InChI is InChI=1S/C8H9N2.BF4/c1-2-7-5-3-4-6-8(7)10-9;2-1(3,4)5/h3-6H,2H2,1H3;/q+1;-1. The van der Waals surface area contributed by atoms with E-state index in [-0.39, 0.29) is 0 Å². The van der Waals surface area contributed by atoms with Crippen LogP contribution in [0, 0.1) is 5.39 Å². The van der Waals surface area contributed by atoms with Gasteiger partial charge in [0.2, 0.25) is 5.39 Å². The van der Waals surface area contributed by atoms with Crippen molar-refractivity contribution in [2.24, 2.45) is 0 Å². The van der Waals surface area contributed by atoms with Crippen LogP contribution in [0.2, 0.25) is 0 Å². The maximum absolute atomic E-state index is 9.75. The minimum atomic E-state index is -6.00. The Kier molecular flexibility index (Phi) is 5.38. The molecule has 0 atom stereocenters. The summed E-state index contributed by atoms with van der Waals surface area (Å²) in [5.41, 5.74) is 1.75. The summed E-state index contributed by atoms with van der Waals surface area (Å²) < 4.78 is 39.0. The van der Waals surface area contributed by atoms with Gasteiger partial charge in [0.15, 0.2) is 4.98 Å². The molecule has 0 unspecified atom stereocenters. The van der Waals surface area contributed by atoms with Crippen LogP contribution in [0.25, 0.3) is 4.98 Å². The predicted molar refractivity (Wildman–Crippen MR) is 50.8 cm³/mol. The molecule has 0 heterocycles. The zero-order chi connectivity index (χ0) is 11.9. The Morgan fingerprint density at radius 1 is 1.20 bits per heavy atom. The third-order valence-electron chi connectivity index (χ3n) is 1.48. The summed E-state index contributed by atoms with van der Waals surface area (Å²) in [6.45, 7) is 2.03. The molecule has 2 nitrogen and oxygen atoms in total. The van der Waals surface area contributed by atoms with Gasteiger partial charge in [-0.3, -0.25) is 0 Å². The van der Waals surface area contributed by atoms with Crippen LogP contribution in [0.3, 0.4) is 0 Å². The fourth-order valence-electron chi connectivity index (χ4n) is 0.907. The lowest BCUT2D eigenvalue weighted by atomic mass is 10.1. The molecule has 0 bridgehead atoms. The summed E-state index contributed by atoms with van der Waals surface area (Å²) >= 11 is 0. The van der Waals surface area contributed by atoms with Gasteiger partial charge in [-0.05, 0) is 6.42 Å².